The molecule has 0 aliphatic heterocycles. The second kappa shape index (κ2) is 7.25. The summed E-state index contributed by atoms with van der Waals surface area (Å²) in [6.45, 7) is 0.595. The Hall–Kier alpha value is -2.70. The van der Waals surface area contributed by atoms with Gasteiger partial charge in [-0.05, 0) is 24.3 Å². The van der Waals surface area contributed by atoms with Crippen molar-refractivity contribution in [3.63, 3.8) is 0 Å². The number of aliphatic hydroxyl groups is 2. The molecule has 3 aromatic rings. The maximum Gasteiger partial charge on any atom is 0.165 e. The van der Waals surface area contributed by atoms with Crippen LogP contribution in [-0.2, 0) is 0 Å². The largest absolute Gasteiger partial charge is 0.507 e. The van der Waals surface area contributed by atoms with E-state index in [0.29, 0.717) is 30.3 Å². The lowest BCUT2D eigenvalue weighted by atomic mass is 10.1. The molecule has 0 aliphatic carbocycles. The summed E-state index contributed by atoms with van der Waals surface area (Å²) in [7, 11) is 0. The lowest BCUT2D eigenvalue weighted by molar-refractivity contribution is 0.281. The Labute approximate surface area is 139 Å². The molecule has 0 bridgehead atoms. The predicted molar refractivity (Wildman–Crippen MR) is 93.0 cm³/mol. The van der Waals surface area contributed by atoms with Crippen molar-refractivity contribution in [3.05, 3.63) is 48.5 Å². The quantitative estimate of drug-likeness (QED) is 0.640. The normalized spacial score (nSPS) is 10.9. The lowest BCUT2D eigenvalue weighted by Gasteiger charge is -2.23. The maximum atomic E-state index is 10.1. The van der Waals surface area contributed by atoms with Crippen LogP contribution in [0.15, 0.2) is 48.5 Å². The van der Waals surface area contributed by atoms with Gasteiger partial charge in [0.1, 0.15) is 11.6 Å². The van der Waals surface area contributed by atoms with E-state index in [1.165, 1.54) is 0 Å². The van der Waals surface area contributed by atoms with Crippen LogP contribution in [0.4, 0.5) is 5.82 Å². The first-order chi connectivity index (χ1) is 11.7. The van der Waals surface area contributed by atoms with Gasteiger partial charge in [0.15, 0.2) is 5.82 Å². The highest BCUT2D eigenvalue weighted by Gasteiger charge is 2.16. The van der Waals surface area contributed by atoms with Crippen molar-refractivity contribution in [1.82, 2.24) is 9.97 Å². The number of rotatable bonds is 6. The van der Waals surface area contributed by atoms with Crippen molar-refractivity contribution in [1.29, 1.82) is 0 Å². The van der Waals surface area contributed by atoms with Crippen LogP contribution >= 0.6 is 0 Å². The minimum atomic E-state index is -0.0513. The number of benzene rings is 2. The SMILES string of the molecule is OCCN(CCO)c1nc(-c2ccccc2O)nc2ccccc12. The van der Waals surface area contributed by atoms with Gasteiger partial charge in [-0.3, -0.25) is 0 Å². The molecule has 1 aromatic heterocycles. The minimum Gasteiger partial charge on any atom is -0.507 e. The number of phenolic OH excluding ortho intramolecular Hbond substituents is 1. The summed E-state index contributed by atoms with van der Waals surface area (Å²) in [6, 6.07) is 14.5. The van der Waals surface area contributed by atoms with Crippen molar-refractivity contribution >= 4 is 16.7 Å². The first kappa shape index (κ1) is 16.2. The fourth-order valence-electron chi connectivity index (χ4n) is 2.65. The number of para-hydroxylation sites is 2. The summed E-state index contributed by atoms with van der Waals surface area (Å²) >= 11 is 0. The summed E-state index contributed by atoms with van der Waals surface area (Å²) in [5, 5.41) is 29.6. The molecule has 3 rings (SSSR count). The molecule has 24 heavy (non-hydrogen) atoms. The van der Waals surface area contributed by atoms with Gasteiger partial charge >= 0.3 is 0 Å². The van der Waals surface area contributed by atoms with Gasteiger partial charge in [-0.15, -0.1) is 0 Å². The van der Waals surface area contributed by atoms with Crippen LogP contribution in [0.5, 0.6) is 5.75 Å². The van der Waals surface area contributed by atoms with Crippen molar-refractivity contribution in [2.75, 3.05) is 31.2 Å². The summed E-state index contributed by atoms with van der Waals surface area (Å²) in [4.78, 5) is 11.0. The second-order valence-electron chi connectivity index (χ2n) is 5.34. The van der Waals surface area contributed by atoms with E-state index in [2.05, 4.69) is 9.97 Å². The number of aliphatic hydroxyl groups excluding tert-OH is 2. The van der Waals surface area contributed by atoms with E-state index in [-0.39, 0.29) is 19.0 Å². The molecular weight excluding hydrogens is 306 g/mol. The zero-order valence-corrected chi connectivity index (χ0v) is 13.1. The highest BCUT2D eigenvalue weighted by molar-refractivity contribution is 5.91. The Balaban J connectivity index is 2.21. The number of nitrogens with zero attached hydrogens (tertiary/aromatic N) is 3. The summed E-state index contributed by atoms with van der Waals surface area (Å²) < 4.78 is 0. The first-order valence-electron chi connectivity index (χ1n) is 7.76. The van der Waals surface area contributed by atoms with E-state index in [1.54, 1.807) is 18.2 Å². The number of hydrogen-bond donors (Lipinski definition) is 3. The van der Waals surface area contributed by atoms with Gasteiger partial charge in [0.2, 0.25) is 0 Å². The number of hydrogen-bond acceptors (Lipinski definition) is 6. The van der Waals surface area contributed by atoms with Gasteiger partial charge in [-0.2, -0.15) is 0 Å². The van der Waals surface area contributed by atoms with E-state index in [4.69, 9.17) is 0 Å². The second-order valence-corrected chi connectivity index (χ2v) is 5.34. The number of fused-ring (bicyclic) bond motifs is 1. The Morgan fingerprint density at radius 2 is 1.50 bits per heavy atom. The van der Waals surface area contributed by atoms with Gasteiger partial charge in [0.25, 0.3) is 0 Å². The molecule has 0 spiro atoms. The Morgan fingerprint density at radius 3 is 2.21 bits per heavy atom. The van der Waals surface area contributed by atoms with Gasteiger partial charge in [0, 0.05) is 18.5 Å². The molecule has 0 saturated heterocycles. The smallest absolute Gasteiger partial charge is 0.165 e. The molecule has 0 saturated carbocycles. The number of aromatic nitrogens is 2. The van der Waals surface area contributed by atoms with Crippen molar-refractivity contribution in [3.8, 4) is 17.1 Å². The van der Waals surface area contributed by atoms with E-state index in [0.717, 1.165) is 10.9 Å². The molecule has 124 valence electrons. The Morgan fingerprint density at radius 1 is 0.833 bits per heavy atom. The van der Waals surface area contributed by atoms with Crippen molar-refractivity contribution in [2.45, 2.75) is 0 Å². The Kier molecular flexibility index (Phi) is 4.88. The van der Waals surface area contributed by atoms with Crippen LogP contribution in [0.3, 0.4) is 0 Å². The predicted octanol–water partition coefficient (Wildman–Crippen LogP) is 1.79. The standard InChI is InChI=1S/C18H19N3O3/c22-11-9-21(10-12-23)18-13-5-1-3-7-15(13)19-17(20-18)14-6-2-4-8-16(14)24/h1-8,22-24H,9-12H2. The third-order valence-electron chi connectivity index (χ3n) is 3.77. The molecule has 6 heteroatoms. The molecule has 0 amide bonds. The van der Waals surface area contributed by atoms with Crippen LogP contribution in [0.25, 0.3) is 22.3 Å². The van der Waals surface area contributed by atoms with Crippen LogP contribution in [0.1, 0.15) is 0 Å². The van der Waals surface area contributed by atoms with Crippen LogP contribution < -0.4 is 4.90 Å². The van der Waals surface area contributed by atoms with Crippen molar-refractivity contribution in [2.24, 2.45) is 0 Å². The average molecular weight is 325 g/mol. The molecule has 0 atom stereocenters. The van der Waals surface area contributed by atoms with Gasteiger partial charge in [-0.25, -0.2) is 9.97 Å². The van der Waals surface area contributed by atoms with Gasteiger partial charge in [-0.1, -0.05) is 24.3 Å². The molecule has 1 heterocycles. The molecule has 6 nitrogen and oxygen atoms in total. The molecular formula is C18H19N3O3. The Bertz CT molecular complexity index is 833. The minimum absolute atomic E-state index is 0.0513. The highest BCUT2D eigenvalue weighted by atomic mass is 16.3. The van der Waals surface area contributed by atoms with E-state index < -0.39 is 0 Å². The average Bonchev–Trinajstić information content (AvgIpc) is 2.61. The number of phenols is 1. The highest BCUT2D eigenvalue weighted by Crippen LogP contribution is 2.31. The summed E-state index contributed by atoms with van der Waals surface area (Å²) in [6.07, 6.45) is 0. The molecule has 3 N–H and O–H groups in total. The van der Waals surface area contributed by atoms with Crippen LogP contribution in [-0.4, -0.2) is 51.6 Å². The van der Waals surface area contributed by atoms with E-state index in [9.17, 15) is 15.3 Å². The van der Waals surface area contributed by atoms with Gasteiger partial charge < -0.3 is 20.2 Å². The number of anilines is 1. The van der Waals surface area contributed by atoms with E-state index in [1.807, 2.05) is 35.2 Å². The molecule has 2 aromatic carbocycles. The topological polar surface area (TPSA) is 89.7 Å². The fourth-order valence-corrected chi connectivity index (χ4v) is 2.65. The van der Waals surface area contributed by atoms with Crippen LogP contribution in [0, 0.1) is 0 Å². The molecule has 0 radical (unpaired) electrons. The number of aromatic hydroxyl groups is 1. The lowest BCUT2D eigenvalue weighted by Crippen LogP contribution is -2.30. The molecule has 0 fully saturated rings. The summed E-state index contributed by atoms with van der Waals surface area (Å²) in [5.41, 5.74) is 1.28. The first-order valence-corrected chi connectivity index (χ1v) is 7.76. The van der Waals surface area contributed by atoms with Crippen LogP contribution in [0.2, 0.25) is 0 Å². The molecule has 0 aliphatic rings. The van der Waals surface area contributed by atoms with Gasteiger partial charge in [0.05, 0.1) is 24.3 Å². The molecule has 0 unspecified atom stereocenters. The monoisotopic (exact) mass is 325 g/mol. The summed E-state index contributed by atoms with van der Waals surface area (Å²) in [5.74, 6) is 1.14. The zero-order valence-electron chi connectivity index (χ0n) is 13.1. The third kappa shape index (κ3) is 3.15. The zero-order chi connectivity index (χ0) is 16.9. The fraction of sp³-hybridized carbons (Fsp3) is 0.222. The van der Waals surface area contributed by atoms with E-state index >= 15 is 0 Å². The van der Waals surface area contributed by atoms with Crippen molar-refractivity contribution < 1.29 is 15.3 Å². The maximum absolute atomic E-state index is 10.1. The third-order valence-corrected chi connectivity index (χ3v) is 3.77.